The zero-order valence-electron chi connectivity index (χ0n) is 13.3. The lowest BCUT2D eigenvalue weighted by Gasteiger charge is -2.28. The summed E-state index contributed by atoms with van der Waals surface area (Å²) in [5.74, 6) is -0.258. The molecule has 0 aliphatic rings. The highest BCUT2D eigenvalue weighted by atomic mass is 16.5. The molecule has 0 radical (unpaired) electrons. The maximum atomic E-state index is 12.8. The van der Waals surface area contributed by atoms with Gasteiger partial charge in [0.25, 0.3) is 0 Å². The molecular weight excluding hydrogens is 290 g/mol. The third-order valence-corrected chi connectivity index (χ3v) is 3.98. The van der Waals surface area contributed by atoms with Gasteiger partial charge < -0.3 is 4.74 Å². The van der Waals surface area contributed by atoms with Crippen LogP contribution in [0, 0.1) is 0 Å². The Labute approximate surface area is 134 Å². The number of nitrogens with zero attached hydrogens (tertiary/aromatic N) is 3. The van der Waals surface area contributed by atoms with Crippen LogP contribution >= 0.6 is 0 Å². The highest BCUT2D eigenvalue weighted by Gasteiger charge is 2.39. The number of benzene rings is 1. The van der Waals surface area contributed by atoms with Crippen molar-refractivity contribution in [2.24, 2.45) is 0 Å². The quantitative estimate of drug-likeness (QED) is 0.680. The fourth-order valence-electron chi connectivity index (χ4n) is 2.81. The van der Waals surface area contributed by atoms with Crippen LogP contribution in [0.1, 0.15) is 25.1 Å². The van der Waals surface area contributed by atoms with Crippen LogP contribution in [0.15, 0.2) is 54.9 Å². The second-order valence-corrected chi connectivity index (χ2v) is 5.65. The molecule has 3 aromatic rings. The molecule has 2 heterocycles. The van der Waals surface area contributed by atoms with Crippen molar-refractivity contribution in [3.8, 4) is 0 Å². The molecule has 2 aromatic heterocycles. The van der Waals surface area contributed by atoms with E-state index < -0.39 is 5.41 Å². The molecule has 0 aliphatic heterocycles. The first kappa shape index (κ1) is 15.2. The van der Waals surface area contributed by atoms with Crippen molar-refractivity contribution in [3.05, 3.63) is 66.1 Å². The Morgan fingerprint density at radius 2 is 1.96 bits per heavy atom. The van der Waals surface area contributed by atoms with Crippen molar-refractivity contribution in [1.82, 2.24) is 14.6 Å². The van der Waals surface area contributed by atoms with Crippen molar-refractivity contribution in [1.29, 1.82) is 0 Å². The van der Waals surface area contributed by atoms with Crippen LogP contribution < -0.4 is 0 Å². The summed E-state index contributed by atoms with van der Waals surface area (Å²) in [5.41, 5.74) is 1.71. The van der Waals surface area contributed by atoms with Gasteiger partial charge in [0.1, 0.15) is 5.41 Å². The molecule has 1 unspecified atom stereocenters. The predicted molar refractivity (Wildman–Crippen MR) is 87.1 cm³/mol. The van der Waals surface area contributed by atoms with E-state index in [4.69, 9.17) is 4.74 Å². The molecule has 23 heavy (non-hydrogen) atoms. The lowest BCUT2D eigenvalue weighted by atomic mass is 9.80. The topological polar surface area (TPSA) is 56.5 Å². The summed E-state index contributed by atoms with van der Waals surface area (Å²) < 4.78 is 7.07. The SMILES string of the molecule is CCOC(=O)C(C)(Cc1ccccc1)c1ccnc2ccnn12. The van der Waals surface area contributed by atoms with Gasteiger partial charge in [-0.05, 0) is 31.9 Å². The van der Waals surface area contributed by atoms with Crippen LogP contribution in [-0.2, 0) is 21.4 Å². The molecule has 0 amide bonds. The number of carbonyl (C=O) groups is 1. The molecule has 3 rings (SSSR count). The van der Waals surface area contributed by atoms with Crippen molar-refractivity contribution in [2.75, 3.05) is 6.61 Å². The fourth-order valence-corrected chi connectivity index (χ4v) is 2.81. The van der Waals surface area contributed by atoms with Gasteiger partial charge in [-0.3, -0.25) is 4.79 Å². The average molecular weight is 309 g/mol. The van der Waals surface area contributed by atoms with Crippen molar-refractivity contribution >= 4 is 11.6 Å². The van der Waals surface area contributed by atoms with Crippen LogP contribution in [-0.4, -0.2) is 27.2 Å². The van der Waals surface area contributed by atoms with Gasteiger partial charge in [-0.2, -0.15) is 5.10 Å². The number of hydrogen-bond acceptors (Lipinski definition) is 4. The van der Waals surface area contributed by atoms with E-state index in [0.29, 0.717) is 18.7 Å². The second-order valence-electron chi connectivity index (χ2n) is 5.65. The summed E-state index contributed by atoms with van der Waals surface area (Å²) in [6.45, 7) is 4.06. The second kappa shape index (κ2) is 6.20. The molecule has 0 saturated carbocycles. The van der Waals surface area contributed by atoms with Crippen molar-refractivity contribution < 1.29 is 9.53 Å². The number of carbonyl (C=O) groups excluding carboxylic acids is 1. The predicted octanol–water partition coefficient (Wildman–Crippen LogP) is 2.79. The van der Waals surface area contributed by atoms with Gasteiger partial charge in [0.05, 0.1) is 18.5 Å². The zero-order valence-corrected chi connectivity index (χ0v) is 13.3. The molecule has 0 saturated heterocycles. The maximum Gasteiger partial charge on any atom is 0.318 e. The lowest BCUT2D eigenvalue weighted by molar-refractivity contribution is -0.149. The summed E-state index contributed by atoms with van der Waals surface area (Å²) in [7, 11) is 0. The molecule has 5 nitrogen and oxygen atoms in total. The van der Waals surface area contributed by atoms with E-state index in [1.165, 1.54) is 0 Å². The van der Waals surface area contributed by atoms with Crippen LogP contribution in [0.2, 0.25) is 0 Å². The Morgan fingerprint density at radius 1 is 1.17 bits per heavy atom. The number of esters is 1. The largest absolute Gasteiger partial charge is 0.465 e. The molecule has 1 atom stereocenters. The number of rotatable bonds is 5. The molecule has 118 valence electrons. The van der Waals surface area contributed by atoms with E-state index in [-0.39, 0.29) is 5.97 Å². The molecule has 0 fully saturated rings. The fraction of sp³-hybridized carbons (Fsp3) is 0.278. The van der Waals surface area contributed by atoms with Gasteiger partial charge in [-0.15, -0.1) is 0 Å². The Hall–Kier alpha value is -2.69. The minimum Gasteiger partial charge on any atom is -0.465 e. The molecule has 0 bridgehead atoms. The first-order valence-electron chi connectivity index (χ1n) is 7.65. The van der Waals surface area contributed by atoms with E-state index in [1.54, 1.807) is 16.9 Å². The summed E-state index contributed by atoms with van der Waals surface area (Å²) in [6, 6.07) is 13.6. The minimum absolute atomic E-state index is 0.258. The molecule has 0 N–H and O–H groups in total. The Balaban J connectivity index is 2.11. The lowest BCUT2D eigenvalue weighted by Crippen LogP contribution is -2.38. The molecule has 5 heteroatoms. The molecule has 0 spiro atoms. The van der Waals surface area contributed by atoms with E-state index in [2.05, 4.69) is 10.1 Å². The third-order valence-electron chi connectivity index (χ3n) is 3.98. The number of ether oxygens (including phenoxy) is 1. The summed E-state index contributed by atoms with van der Waals surface area (Å²) in [5, 5.41) is 4.32. The Morgan fingerprint density at radius 3 is 2.70 bits per heavy atom. The number of aromatic nitrogens is 3. The van der Waals surface area contributed by atoms with Crippen molar-refractivity contribution in [2.45, 2.75) is 25.7 Å². The molecule has 1 aromatic carbocycles. The van der Waals surface area contributed by atoms with Crippen LogP contribution in [0.25, 0.3) is 5.65 Å². The normalized spacial score (nSPS) is 13.7. The van der Waals surface area contributed by atoms with Gasteiger partial charge in [0, 0.05) is 12.3 Å². The Kier molecular flexibility index (Phi) is 4.10. The summed E-state index contributed by atoms with van der Waals surface area (Å²) in [6.07, 6.45) is 3.92. The monoisotopic (exact) mass is 309 g/mol. The third kappa shape index (κ3) is 2.82. The number of hydrogen-bond donors (Lipinski definition) is 0. The standard InChI is InChI=1S/C18H19N3O2/c1-3-23-17(22)18(2,13-14-7-5-4-6-8-14)15-9-11-19-16-10-12-20-21(15)16/h4-12H,3,13H2,1-2H3. The highest BCUT2D eigenvalue weighted by Crippen LogP contribution is 2.30. The van der Waals surface area contributed by atoms with Crippen molar-refractivity contribution in [3.63, 3.8) is 0 Å². The molecular formula is C18H19N3O2. The van der Waals surface area contributed by atoms with Crippen LogP contribution in [0.5, 0.6) is 0 Å². The smallest absolute Gasteiger partial charge is 0.318 e. The maximum absolute atomic E-state index is 12.8. The van der Waals surface area contributed by atoms with Crippen LogP contribution in [0.4, 0.5) is 0 Å². The van der Waals surface area contributed by atoms with E-state index >= 15 is 0 Å². The zero-order chi connectivity index (χ0) is 16.3. The van der Waals surface area contributed by atoms with Gasteiger partial charge in [-0.25, -0.2) is 9.50 Å². The summed E-state index contributed by atoms with van der Waals surface area (Å²) in [4.78, 5) is 17.0. The van der Waals surface area contributed by atoms with E-state index in [0.717, 1.165) is 11.3 Å². The first-order chi connectivity index (χ1) is 11.1. The summed E-state index contributed by atoms with van der Waals surface area (Å²) >= 11 is 0. The minimum atomic E-state index is -0.843. The first-order valence-corrected chi connectivity index (χ1v) is 7.65. The highest BCUT2D eigenvalue weighted by molar-refractivity contribution is 5.82. The van der Waals surface area contributed by atoms with E-state index in [1.807, 2.05) is 56.3 Å². The average Bonchev–Trinajstić information content (AvgIpc) is 3.04. The van der Waals surface area contributed by atoms with Crippen LogP contribution in [0.3, 0.4) is 0 Å². The van der Waals surface area contributed by atoms with Gasteiger partial charge in [0.15, 0.2) is 5.65 Å². The number of fused-ring (bicyclic) bond motifs is 1. The molecule has 0 aliphatic carbocycles. The van der Waals surface area contributed by atoms with E-state index in [9.17, 15) is 4.79 Å². The van der Waals surface area contributed by atoms with Gasteiger partial charge in [0.2, 0.25) is 0 Å². The van der Waals surface area contributed by atoms with Gasteiger partial charge >= 0.3 is 5.97 Å². The van der Waals surface area contributed by atoms with Gasteiger partial charge in [-0.1, -0.05) is 30.3 Å². The Bertz CT molecular complexity index is 813.